The number of carbonyl (C=O) groups is 1. The molecule has 0 atom stereocenters. The van der Waals surface area contributed by atoms with Crippen LogP contribution in [0.25, 0.3) is 0 Å². The second-order valence-electron chi connectivity index (χ2n) is 4.37. The lowest BCUT2D eigenvalue weighted by molar-refractivity contribution is 0.147. The standard InChI is InChI=1S/C13H19N3O2/c1-15-7-9-16(10-8-15)13(17)14-11-18-12-5-3-2-4-6-12/h2-6H,7-11H2,1H3,(H,14,17). The maximum absolute atomic E-state index is 11.8. The van der Waals surface area contributed by atoms with E-state index in [1.54, 1.807) is 0 Å². The van der Waals surface area contributed by atoms with Crippen molar-refractivity contribution in [1.29, 1.82) is 0 Å². The van der Waals surface area contributed by atoms with Crippen LogP contribution >= 0.6 is 0 Å². The van der Waals surface area contributed by atoms with Crippen LogP contribution in [0.2, 0.25) is 0 Å². The Morgan fingerprint density at radius 1 is 1.22 bits per heavy atom. The highest BCUT2D eigenvalue weighted by Crippen LogP contribution is 2.07. The Balaban J connectivity index is 1.69. The summed E-state index contributed by atoms with van der Waals surface area (Å²) in [7, 11) is 2.06. The molecule has 1 aromatic rings. The largest absolute Gasteiger partial charge is 0.473 e. The van der Waals surface area contributed by atoms with Crippen molar-refractivity contribution in [2.45, 2.75) is 0 Å². The Labute approximate surface area is 107 Å². The van der Waals surface area contributed by atoms with E-state index in [0.717, 1.165) is 31.9 Å². The van der Waals surface area contributed by atoms with Gasteiger partial charge in [0.1, 0.15) is 5.75 Å². The average Bonchev–Trinajstić information content (AvgIpc) is 2.40. The van der Waals surface area contributed by atoms with Gasteiger partial charge in [0, 0.05) is 26.2 Å². The zero-order chi connectivity index (χ0) is 12.8. The van der Waals surface area contributed by atoms with Gasteiger partial charge in [-0.15, -0.1) is 0 Å². The lowest BCUT2D eigenvalue weighted by Gasteiger charge is -2.32. The lowest BCUT2D eigenvalue weighted by Crippen LogP contribution is -2.51. The summed E-state index contributed by atoms with van der Waals surface area (Å²) in [6, 6.07) is 9.40. The molecule has 1 heterocycles. The van der Waals surface area contributed by atoms with E-state index in [1.165, 1.54) is 0 Å². The Hall–Kier alpha value is -1.75. The third kappa shape index (κ3) is 3.63. The zero-order valence-corrected chi connectivity index (χ0v) is 10.6. The molecule has 0 saturated carbocycles. The predicted molar refractivity (Wildman–Crippen MR) is 69.5 cm³/mol. The van der Waals surface area contributed by atoms with Crippen LogP contribution in [0.4, 0.5) is 4.79 Å². The minimum absolute atomic E-state index is 0.0565. The summed E-state index contributed by atoms with van der Waals surface area (Å²) in [6.45, 7) is 3.59. The first-order chi connectivity index (χ1) is 8.75. The number of amides is 2. The van der Waals surface area contributed by atoms with Crippen molar-refractivity contribution in [2.24, 2.45) is 0 Å². The highest BCUT2D eigenvalue weighted by Gasteiger charge is 2.18. The molecule has 0 radical (unpaired) electrons. The molecule has 2 rings (SSSR count). The lowest BCUT2D eigenvalue weighted by atomic mass is 10.3. The monoisotopic (exact) mass is 249 g/mol. The average molecular weight is 249 g/mol. The number of benzene rings is 1. The van der Waals surface area contributed by atoms with Crippen LogP contribution in [0.1, 0.15) is 0 Å². The van der Waals surface area contributed by atoms with Crippen LogP contribution in [-0.2, 0) is 0 Å². The number of hydrogen-bond acceptors (Lipinski definition) is 3. The van der Waals surface area contributed by atoms with Crippen molar-refractivity contribution in [3.63, 3.8) is 0 Å². The van der Waals surface area contributed by atoms with E-state index >= 15 is 0 Å². The van der Waals surface area contributed by atoms with E-state index < -0.39 is 0 Å². The van der Waals surface area contributed by atoms with Gasteiger partial charge >= 0.3 is 6.03 Å². The van der Waals surface area contributed by atoms with Crippen LogP contribution < -0.4 is 10.1 Å². The van der Waals surface area contributed by atoms with E-state index in [4.69, 9.17) is 4.74 Å². The number of ether oxygens (including phenoxy) is 1. The van der Waals surface area contributed by atoms with E-state index in [9.17, 15) is 4.79 Å². The molecule has 5 nitrogen and oxygen atoms in total. The molecule has 0 unspecified atom stereocenters. The smallest absolute Gasteiger partial charge is 0.320 e. The molecule has 98 valence electrons. The summed E-state index contributed by atoms with van der Waals surface area (Å²) in [6.07, 6.45) is 0. The van der Waals surface area contributed by atoms with Gasteiger partial charge in [-0.3, -0.25) is 0 Å². The number of likely N-dealkylation sites (N-methyl/N-ethyl adjacent to an activating group) is 1. The minimum Gasteiger partial charge on any atom is -0.473 e. The van der Waals surface area contributed by atoms with Crippen LogP contribution in [0.15, 0.2) is 30.3 Å². The fourth-order valence-electron chi connectivity index (χ4n) is 1.82. The molecule has 0 spiro atoms. The fourth-order valence-corrected chi connectivity index (χ4v) is 1.82. The molecular formula is C13H19N3O2. The molecule has 1 aliphatic heterocycles. The van der Waals surface area contributed by atoms with Gasteiger partial charge in [-0.2, -0.15) is 0 Å². The van der Waals surface area contributed by atoms with Gasteiger partial charge in [-0.05, 0) is 19.2 Å². The van der Waals surface area contributed by atoms with Gasteiger partial charge in [0.25, 0.3) is 0 Å². The highest BCUT2D eigenvalue weighted by molar-refractivity contribution is 5.74. The van der Waals surface area contributed by atoms with Gasteiger partial charge < -0.3 is 19.9 Å². The summed E-state index contributed by atoms with van der Waals surface area (Å²) < 4.78 is 5.42. The zero-order valence-electron chi connectivity index (χ0n) is 10.6. The van der Waals surface area contributed by atoms with Gasteiger partial charge in [0.15, 0.2) is 6.73 Å². The van der Waals surface area contributed by atoms with Crippen molar-refractivity contribution in [2.75, 3.05) is 40.0 Å². The molecule has 0 bridgehead atoms. The van der Waals surface area contributed by atoms with Gasteiger partial charge in [-0.25, -0.2) is 4.79 Å². The topological polar surface area (TPSA) is 44.8 Å². The van der Waals surface area contributed by atoms with E-state index in [0.29, 0.717) is 0 Å². The number of rotatable bonds is 3. The van der Waals surface area contributed by atoms with Gasteiger partial charge in [-0.1, -0.05) is 18.2 Å². The second kappa shape index (κ2) is 6.26. The maximum atomic E-state index is 11.8. The number of piperazine rings is 1. The Kier molecular flexibility index (Phi) is 4.41. The van der Waals surface area contributed by atoms with Crippen molar-refractivity contribution in [3.05, 3.63) is 30.3 Å². The van der Waals surface area contributed by atoms with E-state index in [2.05, 4.69) is 17.3 Å². The first-order valence-corrected chi connectivity index (χ1v) is 6.15. The number of nitrogens with one attached hydrogen (secondary N) is 1. The van der Waals surface area contributed by atoms with Gasteiger partial charge in [0.2, 0.25) is 0 Å². The molecule has 5 heteroatoms. The first kappa shape index (κ1) is 12.7. The summed E-state index contributed by atoms with van der Waals surface area (Å²) >= 11 is 0. The summed E-state index contributed by atoms with van der Waals surface area (Å²) in [5.74, 6) is 0.760. The fraction of sp³-hybridized carbons (Fsp3) is 0.462. The highest BCUT2D eigenvalue weighted by atomic mass is 16.5. The molecule has 1 fully saturated rings. The number of para-hydroxylation sites is 1. The number of hydrogen-bond donors (Lipinski definition) is 1. The van der Waals surface area contributed by atoms with Crippen molar-refractivity contribution < 1.29 is 9.53 Å². The molecule has 1 N–H and O–H groups in total. The Bertz CT molecular complexity index is 375. The normalized spacial score (nSPS) is 16.4. The van der Waals surface area contributed by atoms with Crippen LogP contribution in [-0.4, -0.2) is 55.8 Å². The number of nitrogens with zero attached hydrogens (tertiary/aromatic N) is 2. The van der Waals surface area contributed by atoms with Crippen molar-refractivity contribution in [3.8, 4) is 5.75 Å². The quantitative estimate of drug-likeness (QED) is 0.812. The second-order valence-corrected chi connectivity index (χ2v) is 4.37. The van der Waals surface area contributed by atoms with Crippen LogP contribution in [0.3, 0.4) is 0 Å². The summed E-state index contributed by atoms with van der Waals surface area (Å²) in [5.41, 5.74) is 0. The molecule has 1 aromatic carbocycles. The van der Waals surface area contributed by atoms with E-state index in [1.807, 2.05) is 35.2 Å². The first-order valence-electron chi connectivity index (χ1n) is 6.15. The maximum Gasteiger partial charge on any atom is 0.320 e. The number of urea groups is 1. The number of carbonyl (C=O) groups excluding carboxylic acids is 1. The summed E-state index contributed by atoms with van der Waals surface area (Å²) in [4.78, 5) is 15.8. The Morgan fingerprint density at radius 2 is 1.89 bits per heavy atom. The third-order valence-electron chi connectivity index (χ3n) is 3.00. The van der Waals surface area contributed by atoms with Gasteiger partial charge in [0.05, 0.1) is 0 Å². The minimum atomic E-state index is -0.0565. The van der Waals surface area contributed by atoms with Crippen LogP contribution in [0, 0.1) is 0 Å². The molecule has 1 saturated heterocycles. The molecular weight excluding hydrogens is 230 g/mol. The third-order valence-corrected chi connectivity index (χ3v) is 3.00. The van der Waals surface area contributed by atoms with Crippen molar-refractivity contribution in [1.82, 2.24) is 15.1 Å². The molecule has 18 heavy (non-hydrogen) atoms. The molecule has 2 amide bonds. The Morgan fingerprint density at radius 3 is 2.56 bits per heavy atom. The molecule has 1 aliphatic rings. The summed E-state index contributed by atoms with van der Waals surface area (Å²) in [5, 5.41) is 2.76. The molecule has 0 aliphatic carbocycles. The van der Waals surface area contributed by atoms with Crippen molar-refractivity contribution >= 4 is 6.03 Å². The SMILES string of the molecule is CN1CCN(C(=O)NCOc2ccccc2)CC1. The van der Waals surface area contributed by atoms with Crippen LogP contribution in [0.5, 0.6) is 5.75 Å². The van der Waals surface area contributed by atoms with E-state index in [-0.39, 0.29) is 12.8 Å². The molecule has 0 aromatic heterocycles. The predicted octanol–water partition coefficient (Wildman–Crippen LogP) is 0.980.